The van der Waals surface area contributed by atoms with Crippen molar-refractivity contribution >= 4 is 34.8 Å². The highest BCUT2D eigenvalue weighted by Crippen LogP contribution is 2.16. The Morgan fingerprint density at radius 2 is 1.96 bits per heavy atom. The Morgan fingerprint density at radius 3 is 2.56 bits per heavy atom. The third-order valence-corrected chi connectivity index (χ3v) is 4.29. The van der Waals surface area contributed by atoms with E-state index in [-0.39, 0.29) is 18.3 Å². The third kappa shape index (κ3) is 5.79. The first-order valence-corrected chi connectivity index (χ1v) is 8.49. The minimum Gasteiger partial charge on any atom is -0.465 e. The van der Waals surface area contributed by atoms with Crippen LogP contribution in [0.1, 0.15) is 15.9 Å². The molecule has 1 heterocycles. The maximum atomic E-state index is 11.7. The predicted molar refractivity (Wildman–Crippen MR) is 90.0 cm³/mol. The zero-order valence-corrected chi connectivity index (χ0v) is 14.5. The number of amides is 2. The number of hydrogen-bond acceptors (Lipinski definition) is 7. The molecule has 0 bridgehead atoms. The number of carbonyl (C=O) groups is 4. The summed E-state index contributed by atoms with van der Waals surface area (Å²) in [5.74, 6) is -0.847. The quantitative estimate of drug-likeness (QED) is 0.712. The first-order chi connectivity index (χ1) is 12.0. The molecule has 2 amide bonds. The Labute approximate surface area is 148 Å². The summed E-state index contributed by atoms with van der Waals surface area (Å²) in [6.45, 7) is 0.188. The molecule has 1 saturated heterocycles. The van der Waals surface area contributed by atoms with Crippen LogP contribution >= 0.6 is 11.8 Å². The van der Waals surface area contributed by atoms with E-state index >= 15 is 0 Å². The van der Waals surface area contributed by atoms with Crippen molar-refractivity contribution in [3.8, 4) is 0 Å². The highest BCUT2D eigenvalue weighted by molar-refractivity contribution is 8.13. The van der Waals surface area contributed by atoms with E-state index in [1.807, 2.05) is 0 Å². The van der Waals surface area contributed by atoms with Crippen molar-refractivity contribution in [1.29, 1.82) is 0 Å². The lowest BCUT2D eigenvalue weighted by Crippen LogP contribution is -2.34. The summed E-state index contributed by atoms with van der Waals surface area (Å²) in [6, 6.07) is 6.57. The first kappa shape index (κ1) is 18.8. The fraction of sp³-hybridized carbons (Fsp3) is 0.375. The zero-order chi connectivity index (χ0) is 18.2. The Bertz CT molecular complexity index is 661. The SMILES string of the molecule is COC(=O)c1ccc(CNC(=O)COC(=O)CN2CCSC2=O)cc1. The first-order valence-electron chi connectivity index (χ1n) is 7.51. The number of carbonyl (C=O) groups excluding carboxylic acids is 4. The largest absolute Gasteiger partial charge is 0.465 e. The maximum absolute atomic E-state index is 11.7. The maximum Gasteiger partial charge on any atom is 0.337 e. The van der Waals surface area contributed by atoms with Crippen LogP contribution in [0.4, 0.5) is 4.79 Å². The van der Waals surface area contributed by atoms with Gasteiger partial charge in [0.05, 0.1) is 12.7 Å². The van der Waals surface area contributed by atoms with Gasteiger partial charge >= 0.3 is 11.9 Å². The molecule has 1 N–H and O–H groups in total. The van der Waals surface area contributed by atoms with Gasteiger partial charge in [0.15, 0.2) is 6.61 Å². The van der Waals surface area contributed by atoms with Crippen LogP contribution in [0.15, 0.2) is 24.3 Å². The van der Waals surface area contributed by atoms with Crippen molar-refractivity contribution in [2.24, 2.45) is 0 Å². The van der Waals surface area contributed by atoms with Gasteiger partial charge in [-0.3, -0.25) is 14.4 Å². The summed E-state index contributed by atoms with van der Waals surface area (Å²) in [6.07, 6.45) is 0. The van der Waals surface area contributed by atoms with E-state index in [4.69, 9.17) is 4.74 Å². The molecule has 1 aliphatic rings. The monoisotopic (exact) mass is 366 g/mol. The van der Waals surface area contributed by atoms with Gasteiger partial charge in [-0.2, -0.15) is 0 Å². The van der Waals surface area contributed by atoms with Crippen LogP contribution in [0, 0.1) is 0 Å². The molecule has 1 aromatic rings. The lowest BCUT2D eigenvalue weighted by Gasteiger charge is -2.13. The molecule has 8 nitrogen and oxygen atoms in total. The second-order valence-corrected chi connectivity index (χ2v) is 6.21. The summed E-state index contributed by atoms with van der Waals surface area (Å²) in [7, 11) is 1.30. The van der Waals surface area contributed by atoms with Crippen LogP contribution in [0.25, 0.3) is 0 Å². The standard InChI is InChI=1S/C16H18N2O6S/c1-23-15(21)12-4-2-11(3-5-12)8-17-13(19)10-24-14(20)9-18-6-7-25-16(18)22/h2-5H,6-10H2,1H3,(H,17,19). The number of methoxy groups -OCH3 is 1. The number of thioether (sulfide) groups is 1. The molecule has 0 spiro atoms. The van der Waals surface area contributed by atoms with Crippen molar-refractivity contribution in [2.75, 3.05) is 32.6 Å². The van der Waals surface area contributed by atoms with E-state index in [1.54, 1.807) is 24.3 Å². The normalized spacial score (nSPS) is 13.5. The summed E-state index contributed by atoms with van der Waals surface area (Å²) >= 11 is 1.15. The van der Waals surface area contributed by atoms with Crippen LogP contribution in [0.2, 0.25) is 0 Å². The molecule has 1 aromatic carbocycles. The van der Waals surface area contributed by atoms with E-state index in [0.29, 0.717) is 17.9 Å². The minimum absolute atomic E-state index is 0.145. The summed E-state index contributed by atoms with van der Waals surface area (Å²) in [4.78, 5) is 47.4. The van der Waals surface area contributed by atoms with E-state index in [2.05, 4.69) is 10.1 Å². The summed E-state index contributed by atoms with van der Waals surface area (Å²) in [5, 5.41) is 2.45. The molecular formula is C16H18N2O6S. The number of nitrogens with zero attached hydrogens (tertiary/aromatic N) is 1. The van der Waals surface area contributed by atoms with E-state index in [9.17, 15) is 19.2 Å². The minimum atomic E-state index is -0.617. The smallest absolute Gasteiger partial charge is 0.337 e. The Morgan fingerprint density at radius 1 is 1.24 bits per heavy atom. The highest BCUT2D eigenvalue weighted by Gasteiger charge is 2.24. The van der Waals surface area contributed by atoms with Gasteiger partial charge in [-0.05, 0) is 17.7 Å². The highest BCUT2D eigenvalue weighted by atomic mass is 32.2. The molecule has 0 atom stereocenters. The second-order valence-electron chi connectivity index (χ2n) is 5.16. The summed E-state index contributed by atoms with van der Waals surface area (Å²) in [5.41, 5.74) is 1.20. The van der Waals surface area contributed by atoms with Crippen molar-refractivity contribution in [1.82, 2.24) is 10.2 Å². The number of hydrogen-bond donors (Lipinski definition) is 1. The predicted octanol–water partition coefficient (Wildman–Crippen LogP) is 0.801. The van der Waals surface area contributed by atoms with Crippen LogP contribution in [-0.2, 0) is 25.6 Å². The Kier molecular flexibility index (Phi) is 6.81. The van der Waals surface area contributed by atoms with Gasteiger partial charge in [0.2, 0.25) is 0 Å². The number of nitrogens with one attached hydrogen (secondary N) is 1. The zero-order valence-electron chi connectivity index (χ0n) is 13.6. The van der Waals surface area contributed by atoms with Crippen molar-refractivity contribution in [3.63, 3.8) is 0 Å². The van der Waals surface area contributed by atoms with Crippen molar-refractivity contribution < 1.29 is 28.7 Å². The van der Waals surface area contributed by atoms with E-state index in [1.165, 1.54) is 12.0 Å². The topological polar surface area (TPSA) is 102 Å². The van der Waals surface area contributed by atoms with Gasteiger partial charge < -0.3 is 19.7 Å². The molecule has 0 unspecified atom stereocenters. The van der Waals surface area contributed by atoms with Crippen LogP contribution < -0.4 is 5.32 Å². The molecule has 1 aliphatic heterocycles. The molecule has 0 radical (unpaired) electrons. The Balaban J connectivity index is 1.69. The number of ether oxygens (including phenoxy) is 2. The molecule has 2 rings (SSSR count). The number of rotatable bonds is 7. The van der Waals surface area contributed by atoms with E-state index < -0.39 is 24.5 Å². The fourth-order valence-corrected chi connectivity index (χ4v) is 2.87. The molecular weight excluding hydrogens is 348 g/mol. The Hall–Kier alpha value is -2.55. The van der Waals surface area contributed by atoms with E-state index in [0.717, 1.165) is 17.3 Å². The fourth-order valence-electron chi connectivity index (χ4n) is 2.05. The van der Waals surface area contributed by atoms with Crippen molar-refractivity contribution in [2.45, 2.75) is 6.54 Å². The van der Waals surface area contributed by atoms with Gasteiger partial charge in [0, 0.05) is 18.8 Å². The van der Waals surface area contributed by atoms with Crippen LogP contribution in [0.3, 0.4) is 0 Å². The summed E-state index contributed by atoms with van der Waals surface area (Å²) < 4.78 is 9.45. The third-order valence-electron chi connectivity index (χ3n) is 3.39. The molecule has 0 aliphatic carbocycles. The molecule has 1 fully saturated rings. The van der Waals surface area contributed by atoms with Gasteiger partial charge in [-0.15, -0.1) is 0 Å². The molecule has 134 valence electrons. The molecule has 9 heteroatoms. The molecule has 0 aromatic heterocycles. The second kappa shape index (κ2) is 9.07. The lowest BCUT2D eigenvalue weighted by molar-refractivity contribution is -0.148. The lowest BCUT2D eigenvalue weighted by atomic mass is 10.1. The number of esters is 2. The van der Waals surface area contributed by atoms with Crippen LogP contribution in [0.5, 0.6) is 0 Å². The van der Waals surface area contributed by atoms with Gasteiger partial charge in [-0.25, -0.2) is 4.79 Å². The number of benzene rings is 1. The molecule has 0 saturated carbocycles. The molecule has 25 heavy (non-hydrogen) atoms. The van der Waals surface area contributed by atoms with Gasteiger partial charge in [0.1, 0.15) is 6.54 Å². The van der Waals surface area contributed by atoms with Gasteiger partial charge in [-0.1, -0.05) is 23.9 Å². The van der Waals surface area contributed by atoms with Crippen molar-refractivity contribution in [3.05, 3.63) is 35.4 Å². The van der Waals surface area contributed by atoms with Gasteiger partial charge in [0.25, 0.3) is 11.1 Å². The van der Waals surface area contributed by atoms with Crippen LogP contribution in [-0.4, -0.2) is 60.5 Å². The average Bonchev–Trinajstić information content (AvgIpc) is 3.02. The average molecular weight is 366 g/mol.